The third kappa shape index (κ3) is 2.98. The van der Waals surface area contributed by atoms with Crippen LogP contribution in [0.4, 0.5) is 0 Å². The van der Waals surface area contributed by atoms with Gasteiger partial charge in [0.1, 0.15) is 5.88 Å². The summed E-state index contributed by atoms with van der Waals surface area (Å²) in [6.07, 6.45) is 3.96. The van der Waals surface area contributed by atoms with Crippen molar-refractivity contribution in [3.63, 3.8) is 0 Å². The number of rotatable bonds is 3. The van der Waals surface area contributed by atoms with Crippen molar-refractivity contribution >= 4 is 34.3 Å². The summed E-state index contributed by atoms with van der Waals surface area (Å²) >= 11 is 5.79. The Bertz CT molecular complexity index is 958. The molecule has 1 aliphatic rings. The van der Waals surface area contributed by atoms with E-state index in [2.05, 4.69) is 15.1 Å². The largest absolute Gasteiger partial charge is 0.272 e. The number of hydrogen-bond acceptors (Lipinski definition) is 4. The summed E-state index contributed by atoms with van der Waals surface area (Å²) in [6.45, 7) is 0. The van der Waals surface area contributed by atoms with Crippen LogP contribution in [0, 0.1) is 0 Å². The Balaban J connectivity index is 1.73. The number of alkyl halides is 1. The molecule has 0 saturated carbocycles. The topological polar surface area (TPSA) is 58.5 Å². The van der Waals surface area contributed by atoms with Crippen molar-refractivity contribution in [1.82, 2.24) is 15.0 Å². The number of aromatic nitrogens is 2. The maximum absolute atomic E-state index is 12.3. The summed E-state index contributed by atoms with van der Waals surface area (Å²) in [6, 6.07) is 15.5. The number of amides is 1. The maximum atomic E-state index is 12.3. The van der Waals surface area contributed by atoms with Crippen LogP contribution in [-0.2, 0) is 4.79 Å². The van der Waals surface area contributed by atoms with Crippen molar-refractivity contribution in [3.05, 3.63) is 72.1 Å². The molecule has 5 nitrogen and oxygen atoms in total. The Hall–Kier alpha value is -2.79. The zero-order chi connectivity index (χ0) is 17.2. The lowest BCUT2D eigenvalue weighted by atomic mass is 9.98. The molecule has 1 aliphatic heterocycles. The molecular formula is C19H15ClN4O. The molecule has 1 aromatic heterocycles. The number of hydrogen-bond donors (Lipinski definition) is 0. The number of halogens is 1. The SMILES string of the molecule is O=C(CCl)N1N=C(c2ccccc2)C[C@H]1c1ccc2nccnc2c1. The molecule has 0 unspecified atom stereocenters. The highest BCUT2D eigenvalue weighted by Gasteiger charge is 2.32. The molecule has 0 bridgehead atoms. The summed E-state index contributed by atoms with van der Waals surface area (Å²) in [5.74, 6) is -0.313. The summed E-state index contributed by atoms with van der Waals surface area (Å²) in [7, 11) is 0. The minimum Gasteiger partial charge on any atom is -0.272 e. The smallest absolute Gasteiger partial charge is 0.258 e. The molecular weight excluding hydrogens is 336 g/mol. The van der Waals surface area contributed by atoms with E-state index in [4.69, 9.17) is 11.6 Å². The molecule has 2 aromatic carbocycles. The van der Waals surface area contributed by atoms with Crippen LogP contribution in [0.2, 0.25) is 0 Å². The summed E-state index contributed by atoms with van der Waals surface area (Å²) < 4.78 is 0. The van der Waals surface area contributed by atoms with E-state index in [1.54, 1.807) is 12.4 Å². The van der Waals surface area contributed by atoms with Gasteiger partial charge in [0.05, 0.1) is 22.8 Å². The average Bonchev–Trinajstić information content (AvgIpc) is 3.13. The Morgan fingerprint density at radius 3 is 2.60 bits per heavy atom. The second-order valence-electron chi connectivity index (χ2n) is 5.81. The normalized spacial score (nSPS) is 16.9. The molecule has 0 spiro atoms. The first kappa shape index (κ1) is 15.7. The van der Waals surface area contributed by atoms with E-state index in [9.17, 15) is 4.79 Å². The fourth-order valence-electron chi connectivity index (χ4n) is 3.05. The van der Waals surface area contributed by atoms with Crippen molar-refractivity contribution in [2.75, 3.05) is 5.88 Å². The molecule has 2 heterocycles. The molecule has 25 heavy (non-hydrogen) atoms. The van der Waals surface area contributed by atoms with Gasteiger partial charge in [0, 0.05) is 18.8 Å². The van der Waals surface area contributed by atoms with Crippen LogP contribution in [0.25, 0.3) is 11.0 Å². The number of nitrogens with zero attached hydrogens (tertiary/aromatic N) is 4. The van der Waals surface area contributed by atoms with Crippen molar-refractivity contribution in [1.29, 1.82) is 0 Å². The standard InChI is InChI=1S/C19H15ClN4O/c20-12-19(25)24-18(11-16(23-24)13-4-2-1-3-5-13)14-6-7-15-17(10-14)22-9-8-21-15/h1-10,18H,11-12H2/t18-/m0/s1. The second-order valence-corrected chi connectivity index (χ2v) is 6.08. The van der Waals surface area contributed by atoms with Gasteiger partial charge in [-0.25, -0.2) is 5.01 Å². The van der Waals surface area contributed by atoms with Gasteiger partial charge in [0.15, 0.2) is 0 Å². The molecule has 6 heteroatoms. The predicted octanol–water partition coefficient (Wildman–Crippen LogP) is 3.55. The van der Waals surface area contributed by atoms with E-state index >= 15 is 0 Å². The van der Waals surface area contributed by atoms with E-state index in [0.29, 0.717) is 6.42 Å². The predicted molar refractivity (Wildman–Crippen MR) is 97.4 cm³/mol. The number of carbonyl (C=O) groups is 1. The molecule has 0 saturated heterocycles. The summed E-state index contributed by atoms with van der Waals surface area (Å²) in [5, 5.41) is 6.04. The fourth-order valence-corrected chi connectivity index (χ4v) is 3.18. The Morgan fingerprint density at radius 2 is 1.84 bits per heavy atom. The Labute approximate surface area is 150 Å². The van der Waals surface area contributed by atoms with Crippen LogP contribution in [0.3, 0.4) is 0 Å². The highest BCUT2D eigenvalue weighted by atomic mass is 35.5. The minimum absolute atomic E-state index is 0.102. The van der Waals surface area contributed by atoms with Gasteiger partial charge < -0.3 is 0 Å². The van der Waals surface area contributed by atoms with Crippen LogP contribution in [0.5, 0.6) is 0 Å². The van der Waals surface area contributed by atoms with Crippen molar-refractivity contribution in [3.8, 4) is 0 Å². The molecule has 0 fully saturated rings. The van der Waals surface area contributed by atoms with Crippen LogP contribution in [0.1, 0.15) is 23.6 Å². The van der Waals surface area contributed by atoms with E-state index in [1.807, 2.05) is 48.5 Å². The fraction of sp³-hybridized carbons (Fsp3) is 0.158. The number of benzene rings is 2. The second kappa shape index (κ2) is 6.61. The minimum atomic E-state index is -0.211. The molecule has 4 rings (SSSR count). The van der Waals surface area contributed by atoms with Crippen LogP contribution in [-0.4, -0.2) is 32.5 Å². The average molecular weight is 351 g/mol. The summed E-state index contributed by atoms with van der Waals surface area (Å²) in [4.78, 5) is 20.9. The molecule has 1 amide bonds. The highest BCUT2D eigenvalue weighted by Crippen LogP contribution is 2.33. The van der Waals surface area contributed by atoms with E-state index < -0.39 is 0 Å². The first-order valence-electron chi connectivity index (χ1n) is 7.98. The molecule has 0 aliphatic carbocycles. The molecule has 124 valence electrons. The van der Waals surface area contributed by atoms with Gasteiger partial charge in [-0.05, 0) is 23.3 Å². The van der Waals surface area contributed by atoms with Crippen LogP contribution in [0.15, 0.2) is 66.0 Å². The highest BCUT2D eigenvalue weighted by molar-refractivity contribution is 6.27. The Kier molecular flexibility index (Phi) is 4.15. The first-order chi connectivity index (χ1) is 12.3. The lowest BCUT2D eigenvalue weighted by Gasteiger charge is -2.21. The van der Waals surface area contributed by atoms with Gasteiger partial charge >= 0.3 is 0 Å². The van der Waals surface area contributed by atoms with Gasteiger partial charge in [0.2, 0.25) is 0 Å². The zero-order valence-electron chi connectivity index (χ0n) is 13.3. The van der Waals surface area contributed by atoms with E-state index in [1.165, 1.54) is 5.01 Å². The van der Waals surface area contributed by atoms with Gasteiger partial charge in [-0.3, -0.25) is 14.8 Å². The summed E-state index contributed by atoms with van der Waals surface area (Å²) in [5.41, 5.74) is 4.48. The van der Waals surface area contributed by atoms with Crippen LogP contribution >= 0.6 is 11.6 Å². The van der Waals surface area contributed by atoms with Crippen molar-refractivity contribution in [2.24, 2.45) is 5.10 Å². The maximum Gasteiger partial charge on any atom is 0.258 e. The van der Waals surface area contributed by atoms with E-state index in [0.717, 1.165) is 27.9 Å². The van der Waals surface area contributed by atoms with Gasteiger partial charge in [-0.15, -0.1) is 11.6 Å². The zero-order valence-corrected chi connectivity index (χ0v) is 14.1. The monoisotopic (exact) mass is 350 g/mol. The Morgan fingerprint density at radius 1 is 1.08 bits per heavy atom. The lowest BCUT2D eigenvalue weighted by Crippen LogP contribution is -2.27. The quantitative estimate of drug-likeness (QED) is 0.679. The van der Waals surface area contributed by atoms with Gasteiger partial charge in [-0.1, -0.05) is 36.4 Å². The van der Waals surface area contributed by atoms with Gasteiger partial charge in [0.25, 0.3) is 5.91 Å². The number of carbonyl (C=O) groups excluding carboxylic acids is 1. The lowest BCUT2D eigenvalue weighted by molar-refractivity contribution is -0.130. The first-order valence-corrected chi connectivity index (χ1v) is 8.51. The molecule has 0 N–H and O–H groups in total. The number of fused-ring (bicyclic) bond motifs is 1. The van der Waals surface area contributed by atoms with Crippen molar-refractivity contribution < 1.29 is 4.79 Å². The van der Waals surface area contributed by atoms with Gasteiger partial charge in [-0.2, -0.15) is 5.10 Å². The molecule has 3 aromatic rings. The van der Waals surface area contributed by atoms with E-state index in [-0.39, 0.29) is 17.8 Å². The van der Waals surface area contributed by atoms with Crippen LogP contribution < -0.4 is 0 Å². The van der Waals surface area contributed by atoms with Crippen molar-refractivity contribution in [2.45, 2.75) is 12.5 Å². The third-order valence-electron chi connectivity index (χ3n) is 4.27. The molecule has 0 radical (unpaired) electrons. The third-order valence-corrected chi connectivity index (χ3v) is 4.49. The number of hydrazone groups is 1. The molecule has 1 atom stereocenters.